The molecule has 4 aromatic heterocycles. The highest BCUT2D eigenvalue weighted by atomic mass is 35.5. The Morgan fingerprint density at radius 3 is 2.82 bits per heavy atom. The third-order valence-electron chi connectivity index (χ3n) is 6.20. The van der Waals surface area contributed by atoms with Crippen LogP contribution in [-0.4, -0.2) is 34.9 Å². The van der Waals surface area contributed by atoms with Gasteiger partial charge < -0.3 is 10.7 Å². The van der Waals surface area contributed by atoms with Crippen LogP contribution in [0.3, 0.4) is 0 Å². The molecule has 34 heavy (non-hydrogen) atoms. The van der Waals surface area contributed by atoms with Crippen LogP contribution < -0.4 is 11.3 Å². The van der Waals surface area contributed by atoms with Gasteiger partial charge in [0.05, 0.1) is 27.4 Å². The predicted octanol–water partition coefficient (Wildman–Crippen LogP) is 4.36. The number of nitrogen functional groups attached to an aromatic ring is 1. The normalized spacial score (nSPS) is 12.7. The maximum absolute atomic E-state index is 12.8. The average Bonchev–Trinajstić information content (AvgIpc) is 3.40. The van der Waals surface area contributed by atoms with E-state index >= 15 is 0 Å². The number of rotatable bonds is 3. The number of anilines is 1. The topological polar surface area (TPSA) is 131 Å². The number of hydrogen-bond donors (Lipinski definition) is 3. The summed E-state index contributed by atoms with van der Waals surface area (Å²) in [5.74, 6) is 0.329. The van der Waals surface area contributed by atoms with Crippen molar-refractivity contribution in [3.63, 3.8) is 0 Å². The molecule has 1 atom stereocenters. The molecule has 0 aliphatic carbocycles. The minimum Gasteiger partial charge on any atom is -0.383 e. The summed E-state index contributed by atoms with van der Waals surface area (Å²) in [6.45, 7) is 3.92. The number of H-pyrrole nitrogens is 2. The van der Waals surface area contributed by atoms with Gasteiger partial charge in [-0.15, -0.1) is 0 Å². The zero-order valence-corrected chi connectivity index (χ0v) is 19.1. The predicted molar refractivity (Wildman–Crippen MR) is 133 cm³/mol. The van der Waals surface area contributed by atoms with Gasteiger partial charge in [-0.2, -0.15) is 10.2 Å². The first kappa shape index (κ1) is 20.4. The van der Waals surface area contributed by atoms with Crippen LogP contribution in [0.25, 0.3) is 44.0 Å². The Morgan fingerprint density at radius 2 is 1.97 bits per heavy atom. The fourth-order valence-electron chi connectivity index (χ4n) is 4.42. The lowest BCUT2D eigenvalue weighted by atomic mass is 10.1. The Bertz CT molecular complexity index is 1800. The number of pyridine rings is 1. The molecule has 0 saturated heterocycles. The minimum atomic E-state index is -0.349. The van der Waals surface area contributed by atoms with Gasteiger partial charge in [0.15, 0.2) is 5.65 Å². The molecule has 6 aromatic rings. The molecule has 0 aliphatic heterocycles. The number of nitrogens with two attached hydrogens (primary N) is 1. The Kier molecular flexibility index (Phi) is 4.43. The molecule has 0 spiro atoms. The molecule has 0 bridgehead atoms. The summed E-state index contributed by atoms with van der Waals surface area (Å²) >= 11 is 6.25. The zero-order valence-electron chi connectivity index (χ0n) is 18.3. The number of aromatic nitrogens is 7. The number of aromatic amines is 2. The van der Waals surface area contributed by atoms with Gasteiger partial charge in [0, 0.05) is 22.3 Å². The Labute approximate surface area is 197 Å². The highest BCUT2D eigenvalue weighted by Gasteiger charge is 2.22. The van der Waals surface area contributed by atoms with Crippen molar-refractivity contribution in [1.82, 2.24) is 34.9 Å². The number of nitrogens with one attached hydrogen (secondary N) is 2. The van der Waals surface area contributed by atoms with Gasteiger partial charge in [-0.1, -0.05) is 35.9 Å². The lowest BCUT2D eigenvalue weighted by molar-refractivity contribution is 0.566. The number of nitrogens with zero attached hydrogens (tertiary/aromatic N) is 5. The van der Waals surface area contributed by atoms with Gasteiger partial charge in [0.1, 0.15) is 17.8 Å². The van der Waals surface area contributed by atoms with Crippen molar-refractivity contribution < 1.29 is 0 Å². The second kappa shape index (κ2) is 7.39. The smallest absolute Gasteiger partial charge is 0.257 e. The van der Waals surface area contributed by atoms with Crippen molar-refractivity contribution in [3.8, 4) is 11.3 Å². The molecule has 1 unspecified atom stereocenters. The third-order valence-corrected chi connectivity index (χ3v) is 6.51. The summed E-state index contributed by atoms with van der Waals surface area (Å²) in [5, 5.41) is 15.6. The fraction of sp³-hybridized carbons (Fsp3) is 0.125. The van der Waals surface area contributed by atoms with Crippen molar-refractivity contribution in [2.75, 3.05) is 5.73 Å². The standard InChI is InChI=1S/C24H19ClN8O/c1-11-15-7-6-14(9-18(15)31-30-11)21-20-22(26)27-10-28-23(20)33(32-21)12(2)17-8-13-4-3-5-16(25)19(13)24(34)29-17/h3-10,12H,1-2H3,(H,29,34)(H,30,31)(H2,26,27,28). The lowest BCUT2D eigenvalue weighted by Crippen LogP contribution is -2.16. The van der Waals surface area contributed by atoms with E-state index in [9.17, 15) is 4.79 Å². The number of aryl methyl sites for hydroxylation is 1. The molecular formula is C24H19ClN8O. The van der Waals surface area contributed by atoms with Crippen molar-refractivity contribution in [2.45, 2.75) is 19.9 Å². The summed E-state index contributed by atoms with van der Waals surface area (Å²) < 4.78 is 1.75. The van der Waals surface area contributed by atoms with Crippen molar-refractivity contribution in [2.24, 2.45) is 0 Å². The zero-order chi connectivity index (χ0) is 23.6. The highest BCUT2D eigenvalue weighted by Crippen LogP contribution is 2.34. The van der Waals surface area contributed by atoms with E-state index in [1.165, 1.54) is 6.33 Å². The van der Waals surface area contributed by atoms with E-state index in [1.807, 2.05) is 50.2 Å². The van der Waals surface area contributed by atoms with Crippen LogP contribution in [0, 0.1) is 6.92 Å². The van der Waals surface area contributed by atoms with Crippen LogP contribution >= 0.6 is 11.6 Å². The summed E-state index contributed by atoms with van der Waals surface area (Å²) in [7, 11) is 0. The summed E-state index contributed by atoms with van der Waals surface area (Å²) in [6, 6.07) is 12.9. The SMILES string of the molecule is Cc1[nH]nc2cc(-c3nn(C(C)c4cc5cccc(Cl)c5c(=O)[nH]4)c4ncnc(N)c34)ccc12. The molecule has 9 nitrogen and oxygen atoms in total. The minimum absolute atomic E-state index is 0.255. The van der Waals surface area contributed by atoms with Crippen LogP contribution in [0.15, 0.2) is 53.6 Å². The molecule has 10 heteroatoms. The molecule has 0 amide bonds. The summed E-state index contributed by atoms with van der Waals surface area (Å²) in [6.07, 6.45) is 1.41. The van der Waals surface area contributed by atoms with Gasteiger partial charge >= 0.3 is 0 Å². The maximum atomic E-state index is 12.8. The van der Waals surface area contributed by atoms with E-state index in [2.05, 4.69) is 25.1 Å². The van der Waals surface area contributed by atoms with Gasteiger partial charge in [0.2, 0.25) is 0 Å². The summed E-state index contributed by atoms with van der Waals surface area (Å²) in [5.41, 5.74) is 10.6. The third kappa shape index (κ3) is 2.97. The van der Waals surface area contributed by atoms with Crippen molar-refractivity contribution in [3.05, 3.63) is 75.6 Å². The Hall–Kier alpha value is -4.24. The second-order valence-corrected chi connectivity index (χ2v) is 8.67. The van der Waals surface area contributed by atoms with Gasteiger partial charge in [-0.3, -0.25) is 9.89 Å². The van der Waals surface area contributed by atoms with E-state index in [4.69, 9.17) is 22.4 Å². The van der Waals surface area contributed by atoms with Crippen LogP contribution in [0.4, 0.5) is 5.82 Å². The van der Waals surface area contributed by atoms with Gasteiger partial charge in [0.25, 0.3) is 5.56 Å². The molecule has 0 saturated carbocycles. The molecule has 168 valence electrons. The van der Waals surface area contributed by atoms with Crippen LogP contribution in [-0.2, 0) is 0 Å². The van der Waals surface area contributed by atoms with Crippen molar-refractivity contribution >= 4 is 50.1 Å². The molecule has 0 aliphatic rings. The highest BCUT2D eigenvalue weighted by molar-refractivity contribution is 6.35. The average molecular weight is 471 g/mol. The first-order valence-corrected chi connectivity index (χ1v) is 11.1. The fourth-order valence-corrected chi connectivity index (χ4v) is 4.68. The van der Waals surface area contributed by atoms with Gasteiger partial charge in [-0.05, 0) is 37.4 Å². The molecule has 6 rings (SSSR count). The van der Waals surface area contributed by atoms with E-state index in [-0.39, 0.29) is 11.6 Å². The number of benzene rings is 2. The largest absolute Gasteiger partial charge is 0.383 e. The van der Waals surface area contributed by atoms with E-state index in [1.54, 1.807) is 10.7 Å². The summed E-state index contributed by atoms with van der Waals surface area (Å²) in [4.78, 5) is 24.4. The molecule has 4 N–H and O–H groups in total. The second-order valence-electron chi connectivity index (χ2n) is 8.27. The molecule has 0 radical (unpaired) electrons. The van der Waals surface area contributed by atoms with Crippen LogP contribution in [0.2, 0.25) is 5.02 Å². The van der Waals surface area contributed by atoms with E-state index in [0.717, 1.165) is 27.5 Å². The Balaban J connectivity index is 1.56. The number of hydrogen-bond acceptors (Lipinski definition) is 6. The molecule has 2 aromatic carbocycles. The van der Waals surface area contributed by atoms with Crippen LogP contribution in [0.5, 0.6) is 0 Å². The maximum Gasteiger partial charge on any atom is 0.257 e. The molecular weight excluding hydrogens is 452 g/mol. The first-order chi connectivity index (χ1) is 16.4. The van der Waals surface area contributed by atoms with Gasteiger partial charge in [-0.25, -0.2) is 14.6 Å². The molecule has 4 heterocycles. The van der Waals surface area contributed by atoms with E-state index < -0.39 is 0 Å². The first-order valence-electron chi connectivity index (χ1n) is 10.7. The quantitative estimate of drug-likeness (QED) is 0.352. The number of fused-ring (bicyclic) bond motifs is 3. The lowest BCUT2D eigenvalue weighted by Gasteiger charge is -2.14. The number of halogens is 1. The van der Waals surface area contributed by atoms with Crippen LogP contribution in [0.1, 0.15) is 24.4 Å². The monoisotopic (exact) mass is 470 g/mol. The van der Waals surface area contributed by atoms with E-state index in [0.29, 0.717) is 38.6 Å². The van der Waals surface area contributed by atoms with Crippen molar-refractivity contribution in [1.29, 1.82) is 0 Å². The Morgan fingerprint density at radius 1 is 1.12 bits per heavy atom. The molecule has 0 fully saturated rings.